The lowest BCUT2D eigenvalue weighted by atomic mass is 10.2. The summed E-state index contributed by atoms with van der Waals surface area (Å²) in [6, 6.07) is 2.73. The predicted octanol–water partition coefficient (Wildman–Crippen LogP) is 2.14. The fraction of sp³-hybridized carbons (Fsp3) is 0.429. The van der Waals surface area contributed by atoms with Gasteiger partial charge in [0, 0.05) is 3.57 Å². The molecule has 17 heteroatoms. The fourth-order valence-electron chi connectivity index (χ4n) is 1.86. The molecule has 176 valence electrons. The molecule has 0 amide bonds. The molecule has 0 aliphatic heterocycles. The van der Waals surface area contributed by atoms with Crippen LogP contribution in [0.2, 0.25) is 0 Å². The maximum Gasteiger partial charge on any atom is 0.426 e. The van der Waals surface area contributed by atoms with Gasteiger partial charge in [-0.05, 0) is 57.3 Å². The first-order chi connectivity index (χ1) is 13.9. The smallest absolute Gasteiger partial charge is 0.426 e. The molecule has 0 heterocycles. The van der Waals surface area contributed by atoms with E-state index in [2.05, 4.69) is 4.74 Å². The molecule has 0 aliphatic rings. The topological polar surface area (TPSA) is 150 Å². The van der Waals surface area contributed by atoms with Crippen molar-refractivity contribution in [1.29, 1.82) is 0 Å². The van der Waals surface area contributed by atoms with Gasteiger partial charge >= 0.3 is 28.2 Å². The molecule has 0 bridgehead atoms. The summed E-state index contributed by atoms with van der Waals surface area (Å²) in [4.78, 5) is 23.8. The second-order valence-electron chi connectivity index (χ2n) is 5.71. The molecular weight excluding hydrogens is 703 g/mol. The molecule has 1 unspecified atom stereocenters. The third-order valence-corrected chi connectivity index (χ3v) is 5.62. The van der Waals surface area contributed by atoms with Crippen molar-refractivity contribution in [2.24, 2.45) is 0 Å². The molecule has 1 rings (SSSR count). The van der Waals surface area contributed by atoms with Gasteiger partial charge in [-0.2, -0.15) is 30.0 Å². The SMILES string of the molecule is CS(=O)(=O)Oc1c(I)cc(I)cc1C(=O)OCCC(=O)OC(CS(=O)(=O)O)C(F)(F)F. The van der Waals surface area contributed by atoms with Crippen LogP contribution in [0.25, 0.3) is 0 Å². The van der Waals surface area contributed by atoms with Crippen LogP contribution in [0.5, 0.6) is 5.75 Å². The lowest BCUT2D eigenvalue weighted by molar-refractivity contribution is -0.215. The zero-order valence-corrected chi connectivity index (χ0v) is 21.1. The standard InChI is InChI=1S/C14H13F3I2O10S2/c1-30(22,23)29-12-8(4-7(18)5-9(12)19)13(21)27-3-2-11(20)28-10(14(15,16)17)6-31(24,25)26/h4-5,10H,2-3,6H2,1H3,(H,24,25,26). The number of hydrogen-bond acceptors (Lipinski definition) is 9. The minimum atomic E-state index is -5.27. The molecule has 0 radical (unpaired) electrons. The van der Waals surface area contributed by atoms with Crippen LogP contribution in [-0.2, 0) is 34.5 Å². The van der Waals surface area contributed by atoms with E-state index in [9.17, 15) is 39.6 Å². The van der Waals surface area contributed by atoms with Crippen molar-refractivity contribution in [3.63, 3.8) is 0 Å². The highest BCUT2D eigenvalue weighted by Crippen LogP contribution is 2.30. The van der Waals surface area contributed by atoms with Crippen molar-refractivity contribution in [3.05, 3.63) is 24.8 Å². The Morgan fingerprint density at radius 1 is 1.16 bits per heavy atom. The Balaban J connectivity index is 2.85. The molecule has 1 N–H and O–H groups in total. The molecular formula is C14H13F3I2O10S2. The van der Waals surface area contributed by atoms with Crippen LogP contribution >= 0.6 is 45.2 Å². The number of carbonyl (C=O) groups excluding carboxylic acids is 2. The molecule has 1 aromatic carbocycles. The first-order valence-electron chi connectivity index (χ1n) is 7.66. The van der Waals surface area contributed by atoms with Gasteiger partial charge in [0.1, 0.15) is 17.9 Å². The van der Waals surface area contributed by atoms with Crippen LogP contribution in [-0.4, -0.2) is 64.2 Å². The number of ether oxygens (including phenoxy) is 2. The number of rotatable bonds is 9. The Kier molecular flexibility index (Phi) is 9.78. The Morgan fingerprint density at radius 3 is 2.23 bits per heavy atom. The summed E-state index contributed by atoms with van der Waals surface area (Å²) < 4.78 is 105. The van der Waals surface area contributed by atoms with Crippen LogP contribution in [0.1, 0.15) is 16.8 Å². The molecule has 1 atom stereocenters. The highest BCUT2D eigenvalue weighted by atomic mass is 127. The number of halogens is 5. The summed E-state index contributed by atoms with van der Waals surface area (Å²) in [7, 11) is -9.11. The number of alkyl halides is 3. The van der Waals surface area contributed by atoms with Gasteiger partial charge in [-0.3, -0.25) is 9.35 Å². The van der Waals surface area contributed by atoms with Gasteiger partial charge in [0.25, 0.3) is 10.1 Å². The average Bonchev–Trinajstić information content (AvgIpc) is 2.53. The van der Waals surface area contributed by atoms with E-state index in [4.69, 9.17) is 13.5 Å². The van der Waals surface area contributed by atoms with E-state index in [1.165, 1.54) is 12.1 Å². The second-order valence-corrected chi connectivity index (χ2v) is 11.2. The van der Waals surface area contributed by atoms with Crippen LogP contribution in [0, 0.1) is 7.14 Å². The quantitative estimate of drug-likeness (QED) is 0.174. The second kappa shape index (κ2) is 10.8. The van der Waals surface area contributed by atoms with Crippen LogP contribution in [0.4, 0.5) is 13.2 Å². The number of hydrogen-bond donors (Lipinski definition) is 1. The Morgan fingerprint density at radius 2 is 1.74 bits per heavy atom. The van der Waals surface area contributed by atoms with E-state index in [1.54, 1.807) is 22.6 Å². The van der Waals surface area contributed by atoms with Gasteiger partial charge in [0.2, 0.25) is 6.10 Å². The minimum Gasteiger partial charge on any atom is -0.461 e. The number of benzene rings is 1. The van der Waals surface area contributed by atoms with E-state index in [-0.39, 0.29) is 14.9 Å². The highest BCUT2D eigenvalue weighted by molar-refractivity contribution is 14.1. The summed E-state index contributed by atoms with van der Waals surface area (Å²) in [6.07, 6.45) is -8.52. The molecule has 0 aromatic heterocycles. The van der Waals surface area contributed by atoms with Crippen molar-refractivity contribution in [3.8, 4) is 5.75 Å². The first-order valence-corrected chi connectivity index (χ1v) is 13.2. The van der Waals surface area contributed by atoms with Crippen LogP contribution in [0.15, 0.2) is 12.1 Å². The third-order valence-electron chi connectivity index (χ3n) is 3.00. The summed E-state index contributed by atoms with van der Waals surface area (Å²) in [6.45, 7) is -0.769. The van der Waals surface area contributed by atoms with Gasteiger partial charge in [0.15, 0.2) is 5.75 Å². The number of esters is 2. The Hall–Kier alpha value is -0.930. The van der Waals surface area contributed by atoms with Crippen molar-refractivity contribution >= 4 is 77.4 Å². The summed E-state index contributed by atoms with van der Waals surface area (Å²) in [5, 5.41) is 0. The fourth-order valence-corrected chi connectivity index (χ4v) is 5.08. The minimum absolute atomic E-state index is 0.250. The molecule has 0 fully saturated rings. The van der Waals surface area contributed by atoms with Gasteiger partial charge in [-0.25, -0.2) is 4.79 Å². The van der Waals surface area contributed by atoms with E-state index in [0.717, 1.165) is 6.26 Å². The van der Waals surface area contributed by atoms with Crippen molar-refractivity contribution < 1.29 is 57.8 Å². The zero-order valence-electron chi connectivity index (χ0n) is 15.2. The first kappa shape index (κ1) is 28.1. The molecule has 0 spiro atoms. The van der Waals surface area contributed by atoms with E-state index >= 15 is 0 Å². The zero-order chi connectivity index (χ0) is 24.2. The van der Waals surface area contributed by atoms with Gasteiger partial charge in [-0.15, -0.1) is 0 Å². The highest BCUT2D eigenvalue weighted by Gasteiger charge is 2.45. The third kappa shape index (κ3) is 10.5. The summed E-state index contributed by atoms with van der Waals surface area (Å²) in [5.74, 6) is -4.91. The van der Waals surface area contributed by atoms with Gasteiger partial charge in [-0.1, -0.05) is 0 Å². The van der Waals surface area contributed by atoms with E-state index in [1.807, 2.05) is 22.6 Å². The van der Waals surface area contributed by atoms with Gasteiger partial charge < -0.3 is 13.7 Å². The molecule has 0 saturated heterocycles. The van der Waals surface area contributed by atoms with Crippen LogP contribution in [0.3, 0.4) is 0 Å². The maximum atomic E-state index is 12.7. The predicted molar refractivity (Wildman–Crippen MR) is 115 cm³/mol. The molecule has 31 heavy (non-hydrogen) atoms. The maximum absolute atomic E-state index is 12.7. The Bertz CT molecular complexity index is 1050. The Labute approximate surface area is 201 Å². The molecule has 10 nitrogen and oxygen atoms in total. The average molecular weight is 716 g/mol. The van der Waals surface area contributed by atoms with Crippen molar-refractivity contribution in [2.45, 2.75) is 18.7 Å². The summed E-state index contributed by atoms with van der Waals surface area (Å²) in [5.41, 5.74) is -0.311. The number of carbonyl (C=O) groups is 2. The monoisotopic (exact) mass is 716 g/mol. The van der Waals surface area contributed by atoms with E-state index in [0.29, 0.717) is 3.57 Å². The van der Waals surface area contributed by atoms with Crippen LogP contribution < -0.4 is 4.18 Å². The largest absolute Gasteiger partial charge is 0.461 e. The molecule has 0 aliphatic carbocycles. The van der Waals surface area contributed by atoms with Crippen molar-refractivity contribution in [1.82, 2.24) is 0 Å². The molecule has 1 aromatic rings. The van der Waals surface area contributed by atoms with E-state index < -0.39 is 63.2 Å². The lowest BCUT2D eigenvalue weighted by Crippen LogP contribution is -2.39. The normalized spacial score (nSPS) is 13.4. The lowest BCUT2D eigenvalue weighted by Gasteiger charge is -2.19. The summed E-state index contributed by atoms with van der Waals surface area (Å²) >= 11 is 3.54. The molecule has 0 saturated carbocycles. The van der Waals surface area contributed by atoms with Crippen molar-refractivity contribution in [2.75, 3.05) is 18.6 Å². The van der Waals surface area contributed by atoms with Gasteiger partial charge in [0.05, 0.1) is 16.2 Å².